The van der Waals surface area contributed by atoms with Crippen LogP contribution >= 0.6 is 0 Å². The highest BCUT2D eigenvalue weighted by atomic mass is 16.5. The van der Waals surface area contributed by atoms with Crippen molar-refractivity contribution in [2.24, 2.45) is 4.99 Å². The number of piperazine rings is 1. The summed E-state index contributed by atoms with van der Waals surface area (Å²) in [4.78, 5) is 13.6. The minimum atomic E-state index is 0.674. The highest BCUT2D eigenvalue weighted by Gasteiger charge is 2.16. The molecule has 0 saturated carbocycles. The number of guanidine groups is 1. The van der Waals surface area contributed by atoms with Crippen LogP contribution in [0.2, 0.25) is 0 Å². The molecule has 0 bridgehead atoms. The van der Waals surface area contributed by atoms with E-state index in [9.17, 15) is 0 Å². The molecule has 29 heavy (non-hydrogen) atoms. The topological polar surface area (TPSA) is 65.0 Å². The van der Waals surface area contributed by atoms with Crippen LogP contribution in [0.3, 0.4) is 0 Å². The Morgan fingerprint density at radius 3 is 2.52 bits per heavy atom. The molecule has 7 heteroatoms. The molecule has 0 unspecified atom stereocenters. The smallest absolute Gasteiger partial charge is 0.191 e. The molecule has 2 aromatic rings. The average molecular weight is 397 g/mol. The minimum Gasteiger partial charge on any atom is -0.497 e. The van der Waals surface area contributed by atoms with E-state index in [4.69, 9.17) is 4.74 Å². The molecule has 1 aliphatic rings. The van der Waals surface area contributed by atoms with Crippen molar-refractivity contribution >= 4 is 11.6 Å². The van der Waals surface area contributed by atoms with E-state index in [1.165, 1.54) is 5.69 Å². The second-order valence-electron chi connectivity index (χ2n) is 7.05. The van der Waals surface area contributed by atoms with Crippen molar-refractivity contribution in [3.05, 3.63) is 54.4 Å². The molecule has 0 amide bonds. The fraction of sp³-hybridized carbons (Fsp3) is 0.455. The van der Waals surface area contributed by atoms with Gasteiger partial charge in [0.15, 0.2) is 5.96 Å². The van der Waals surface area contributed by atoms with Gasteiger partial charge in [-0.2, -0.15) is 0 Å². The van der Waals surface area contributed by atoms with Gasteiger partial charge in [-0.05, 0) is 49.4 Å². The van der Waals surface area contributed by atoms with Crippen LogP contribution in [0, 0.1) is 0 Å². The second-order valence-corrected chi connectivity index (χ2v) is 7.05. The van der Waals surface area contributed by atoms with Gasteiger partial charge in [0.1, 0.15) is 5.75 Å². The lowest BCUT2D eigenvalue weighted by Crippen LogP contribution is -2.47. The fourth-order valence-corrected chi connectivity index (χ4v) is 3.43. The van der Waals surface area contributed by atoms with Crippen molar-refractivity contribution in [1.29, 1.82) is 0 Å². The van der Waals surface area contributed by atoms with Crippen LogP contribution in [-0.4, -0.2) is 69.3 Å². The number of hydrogen-bond acceptors (Lipinski definition) is 5. The van der Waals surface area contributed by atoms with Crippen LogP contribution in [0.4, 0.5) is 5.69 Å². The maximum atomic E-state index is 5.24. The predicted octanol–water partition coefficient (Wildman–Crippen LogP) is 1.97. The number of anilines is 1. The van der Waals surface area contributed by atoms with Crippen LogP contribution in [0.5, 0.6) is 5.75 Å². The maximum Gasteiger partial charge on any atom is 0.191 e. The zero-order chi connectivity index (χ0) is 20.3. The third kappa shape index (κ3) is 6.64. The molecule has 156 valence electrons. The molecule has 2 heterocycles. The van der Waals surface area contributed by atoms with Crippen LogP contribution in [0.25, 0.3) is 0 Å². The Hall–Kier alpha value is -2.80. The molecule has 1 fully saturated rings. The van der Waals surface area contributed by atoms with Crippen molar-refractivity contribution in [2.75, 3.05) is 58.3 Å². The number of nitrogens with zero attached hydrogens (tertiary/aromatic N) is 4. The zero-order valence-electron chi connectivity index (χ0n) is 17.5. The summed E-state index contributed by atoms with van der Waals surface area (Å²) in [5.74, 6) is 1.73. The van der Waals surface area contributed by atoms with Crippen molar-refractivity contribution in [3.8, 4) is 5.75 Å². The number of aliphatic imine (C=N–C) groups is 1. The third-order valence-electron chi connectivity index (χ3n) is 5.14. The Morgan fingerprint density at radius 1 is 1.07 bits per heavy atom. The van der Waals surface area contributed by atoms with E-state index in [2.05, 4.69) is 42.5 Å². The van der Waals surface area contributed by atoms with E-state index in [1.54, 1.807) is 14.2 Å². The number of aromatic nitrogens is 1. The molecule has 0 aliphatic carbocycles. The monoisotopic (exact) mass is 396 g/mol. The first kappa shape index (κ1) is 20.9. The number of hydrogen-bond donors (Lipinski definition) is 2. The first-order valence-corrected chi connectivity index (χ1v) is 10.2. The molecule has 1 aromatic carbocycles. The Balaban J connectivity index is 1.31. The number of nitrogens with one attached hydrogen (secondary N) is 2. The van der Waals surface area contributed by atoms with E-state index in [-0.39, 0.29) is 0 Å². The molecule has 0 spiro atoms. The quantitative estimate of drug-likeness (QED) is 0.404. The van der Waals surface area contributed by atoms with E-state index < -0.39 is 0 Å². The Bertz CT molecular complexity index is 742. The molecule has 3 rings (SSSR count). The lowest BCUT2D eigenvalue weighted by atomic mass is 10.2. The van der Waals surface area contributed by atoms with Gasteiger partial charge in [-0.3, -0.25) is 14.9 Å². The number of pyridine rings is 1. The number of rotatable bonds is 8. The molecule has 0 radical (unpaired) electrons. The first-order valence-electron chi connectivity index (χ1n) is 10.2. The highest BCUT2D eigenvalue weighted by Crippen LogP contribution is 2.20. The lowest BCUT2D eigenvalue weighted by Gasteiger charge is -2.36. The van der Waals surface area contributed by atoms with E-state index in [1.807, 2.05) is 36.5 Å². The van der Waals surface area contributed by atoms with Crippen molar-refractivity contribution in [3.63, 3.8) is 0 Å². The summed E-state index contributed by atoms with van der Waals surface area (Å²) < 4.78 is 5.24. The van der Waals surface area contributed by atoms with Gasteiger partial charge in [0.25, 0.3) is 0 Å². The Morgan fingerprint density at radius 2 is 1.86 bits per heavy atom. The fourth-order valence-electron chi connectivity index (χ4n) is 3.43. The molecular formula is C22H32N6O. The Kier molecular flexibility index (Phi) is 8.12. The summed E-state index contributed by atoms with van der Waals surface area (Å²) in [5.41, 5.74) is 2.28. The molecule has 1 aromatic heterocycles. The van der Waals surface area contributed by atoms with Gasteiger partial charge in [0.05, 0.1) is 19.3 Å². The van der Waals surface area contributed by atoms with Gasteiger partial charge >= 0.3 is 0 Å². The zero-order valence-corrected chi connectivity index (χ0v) is 17.5. The molecule has 1 saturated heterocycles. The van der Waals surface area contributed by atoms with Crippen LogP contribution < -0.4 is 20.3 Å². The molecule has 7 nitrogen and oxygen atoms in total. The van der Waals surface area contributed by atoms with E-state index >= 15 is 0 Å². The van der Waals surface area contributed by atoms with Crippen molar-refractivity contribution in [2.45, 2.75) is 13.0 Å². The van der Waals surface area contributed by atoms with Crippen LogP contribution in [0.15, 0.2) is 53.7 Å². The lowest BCUT2D eigenvalue weighted by molar-refractivity contribution is 0.255. The van der Waals surface area contributed by atoms with E-state index in [0.29, 0.717) is 6.54 Å². The van der Waals surface area contributed by atoms with Gasteiger partial charge in [-0.1, -0.05) is 6.07 Å². The minimum absolute atomic E-state index is 0.674. The van der Waals surface area contributed by atoms with E-state index in [0.717, 1.165) is 63.1 Å². The van der Waals surface area contributed by atoms with Gasteiger partial charge in [0, 0.05) is 51.7 Å². The standard InChI is InChI=1S/C22H32N6O/c1-23-22(26-18-19-6-3-4-11-24-19)25-12-5-13-27-14-16-28(17-15-27)20-7-9-21(29-2)10-8-20/h3-4,6-11H,5,12-18H2,1-2H3,(H2,23,25,26). The molecular weight excluding hydrogens is 364 g/mol. The Labute approximate surface area is 173 Å². The second kappa shape index (κ2) is 11.3. The molecule has 1 aliphatic heterocycles. The van der Waals surface area contributed by atoms with Gasteiger partial charge in [0.2, 0.25) is 0 Å². The van der Waals surface area contributed by atoms with Gasteiger partial charge in [-0.25, -0.2) is 0 Å². The van der Waals surface area contributed by atoms with Crippen LogP contribution in [-0.2, 0) is 6.54 Å². The maximum absolute atomic E-state index is 5.24. The summed E-state index contributed by atoms with van der Waals surface area (Å²) in [5, 5.41) is 6.69. The summed E-state index contributed by atoms with van der Waals surface area (Å²) in [6.07, 6.45) is 2.90. The number of benzene rings is 1. The summed E-state index contributed by atoms with van der Waals surface area (Å²) in [6.45, 7) is 6.99. The molecule has 2 N–H and O–H groups in total. The SMILES string of the molecule is CN=C(NCCCN1CCN(c2ccc(OC)cc2)CC1)NCc1ccccn1. The van der Waals surface area contributed by atoms with Gasteiger partial charge < -0.3 is 20.3 Å². The summed E-state index contributed by atoms with van der Waals surface area (Å²) >= 11 is 0. The highest BCUT2D eigenvalue weighted by molar-refractivity contribution is 5.79. The largest absolute Gasteiger partial charge is 0.497 e. The van der Waals surface area contributed by atoms with Crippen molar-refractivity contribution < 1.29 is 4.74 Å². The third-order valence-corrected chi connectivity index (χ3v) is 5.14. The summed E-state index contributed by atoms with van der Waals surface area (Å²) in [7, 11) is 3.50. The normalized spacial score (nSPS) is 15.2. The average Bonchev–Trinajstić information content (AvgIpc) is 2.80. The van der Waals surface area contributed by atoms with Crippen LogP contribution in [0.1, 0.15) is 12.1 Å². The van der Waals surface area contributed by atoms with Crippen molar-refractivity contribution in [1.82, 2.24) is 20.5 Å². The molecule has 0 atom stereocenters. The van der Waals surface area contributed by atoms with Gasteiger partial charge in [-0.15, -0.1) is 0 Å². The summed E-state index contributed by atoms with van der Waals surface area (Å²) in [6, 6.07) is 14.3. The number of methoxy groups -OCH3 is 1. The predicted molar refractivity (Wildman–Crippen MR) is 119 cm³/mol. The number of ether oxygens (including phenoxy) is 1. The first-order chi connectivity index (χ1) is 14.3.